The van der Waals surface area contributed by atoms with E-state index in [9.17, 15) is 5.26 Å². The summed E-state index contributed by atoms with van der Waals surface area (Å²) in [4.78, 5) is 67.8. The molecular weight excluding hydrogens is 1390 g/mol. The number of rotatable bonds is 15. The molecule has 0 saturated heterocycles. The summed E-state index contributed by atoms with van der Waals surface area (Å²) in [6, 6.07) is 118. The fourth-order valence-electron chi connectivity index (χ4n) is 14.8. The zero-order valence-corrected chi connectivity index (χ0v) is 60.6. The van der Waals surface area contributed by atoms with Gasteiger partial charge in [0.05, 0.1) is 44.7 Å². The van der Waals surface area contributed by atoms with E-state index in [2.05, 4.69) is 94.1 Å². The Labute approximate surface area is 648 Å². The summed E-state index contributed by atoms with van der Waals surface area (Å²) >= 11 is 0. The van der Waals surface area contributed by atoms with Gasteiger partial charge in [0.25, 0.3) is 0 Å². The van der Waals surface area contributed by atoms with Gasteiger partial charge in [0.2, 0.25) is 0 Å². The van der Waals surface area contributed by atoms with Gasteiger partial charge in [-0.25, -0.2) is 59.8 Å². The molecule has 0 fully saturated rings. The molecule has 16 nitrogen and oxygen atoms in total. The minimum Gasteiger partial charge on any atom is -0.308 e. The van der Waals surface area contributed by atoms with Gasteiger partial charge in [-0.3, -0.25) is 4.98 Å². The Kier molecular flexibility index (Phi) is 16.7. The molecule has 16 heteroatoms. The van der Waals surface area contributed by atoms with Crippen molar-refractivity contribution in [3.63, 3.8) is 0 Å². The highest BCUT2D eigenvalue weighted by Gasteiger charge is 2.27. The van der Waals surface area contributed by atoms with Gasteiger partial charge in [0, 0.05) is 99.6 Å². The average Bonchev–Trinajstić information content (AvgIpc) is 1.57. The Bertz CT molecular complexity index is 6500. The number of hydrogen-bond donors (Lipinski definition) is 0. The number of pyridine rings is 1. The van der Waals surface area contributed by atoms with E-state index >= 15 is 0 Å². The zero-order chi connectivity index (χ0) is 75.3. The first-order valence-electron chi connectivity index (χ1n) is 37.0. The fourth-order valence-corrected chi connectivity index (χ4v) is 14.8. The molecule has 7 heterocycles. The van der Waals surface area contributed by atoms with Crippen LogP contribution >= 0.6 is 0 Å². The third-order valence-corrected chi connectivity index (χ3v) is 20.2. The predicted molar refractivity (Wildman–Crippen MR) is 447 cm³/mol. The topological polar surface area (TPSA) is 201 Å². The molecule has 0 N–H and O–H groups in total. The molecule has 0 aliphatic rings. The third kappa shape index (κ3) is 12.6. The number of aromatic nitrogens is 15. The number of nitrogens with zero attached hydrogens (tertiary/aromatic N) is 16. The van der Waals surface area contributed by atoms with Crippen LogP contribution in [0, 0.1) is 18.3 Å². The van der Waals surface area contributed by atoms with Crippen LogP contribution in [-0.2, 0) is 0 Å². The number of hydrogen-bond acceptors (Lipinski definition) is 14. The van der Waals surface area contributed by atoms with Gasteiger partial charge in [-0.05, 0) is 55.5 Å². The lowest BCUT2D eigenvalue weighted by Crippen LogP contribution is -2.05. The second-order valence-electron chi connectivity index (χ2n) is 27.4. The number of benzene rings is 13. The molecule has 20 aromatic rings. The zero-order valence-electron chi connectivity index (χ0n) is 60.6. The van der Waals surface area contributed by atoms with Crippen molar-refractivity contribution in [3.8, 4) is 165 Å². The second kappa shape index (κ2) is 28.4. The van der Waals surface area contributed by atoms with Crippen LogP contribution in [0.3, 0.4) is 0 Å². The highest BCUT2D eigenvalue weighted by atomic mass is 15.1. The molecule has 0 amide bonds. The summed E-state index contributed by atoms with van der Waals surface area (Å²) in [6.45, 7) is 1.99. The van der Waals surface area contributed by atoms with Gasteiger partial charge >= 0.3 is 0 Å². The first-order valence-corrected chi connectivity index (χ1v) is 37.0. The molecule has 0 radical (unpaired) electrons. The minimum absolute atomic E-state index is 0.346. The van der Waals surface area contributed by atoms with Crippen molar-refractivity contribution in [2.24, 2.45) is 0 Å². The lowest BCUT2D eigenvalue weighted by Gasteiger charge is -2.19. The number of aryl methyl sites for hydroxylation is 1. The van der Waals surface area contributed by atoms with Crippen LogP contribution < -0.4 is 0 Å². The third-order valence-electron chi connectivity index (χ3n) is 20.2. The van der Waals surface area contributed by atoms with Crippen LogP contribution in [-0.4, -0.2) is 73.9 Å². The van der Waals surface area contributed by atoms with Crippen LogP contribution in [0.4, 0.5) is 0 Å². The Hall–Kier alpha value is -15.9. The van der Waals surface area contributed by atoms with Crippen molar-refractivity contribution in [2.45, 2.75) is 6.92 Å². The van der Waals surface area contributed by atoms with E-state index in [0.717, 1.165) is 116 Å². The second-order valence-corrected chi connectivity index (χ2v) is 27.4. The Morgan fingerprint density at radius 3 is 0.673 bits per heavy atom. The average molecular weight is 1450 g/mol. The maximum absolute atomic E-state index is 12.4. The minimum atomic E-state index is 0.346. The van der Waals surface area contributed by atoms with Crippen molar-refractivity contribution in [3.05, 3.63) is 357 Å². The Morgan fingerprint density at radius 2 is 0.442 bits per heavy atom. The molecule has 13 aromatic carbocycles. The summed E-state index contributed by atoms with van der Waals surface area (Å²) in [5, 5.41) is 16.1. The van der Waals surface area contributed by atoms with Crippen LogP contribution in [0.1, 0.15) is 11.3 Å². The normalized spacial score (nSPS) is 11.4. The van der Waals surface area contributed by atoms with Crippen LogP contribution in [0.15, 0.2) is 346 Å². The molecule has 0 unspecified atom stereocenters. The smallest absolute Gasteiger partial charge is 0.164 e. The highest BCUT2D eigenvalue weighted by Crippen LogP contribution is 2.45. The van der Waals surface area contributed by atoms with Gasteiger partial charge < -0.3 is 9.13 Å². The van der Waals surface area contributed by atoms with Crippen molar-refractivity contribution in [1.29, 1.82) is 5.26 Å². The number of nitriles is 1. The highest BCUT2D eigenvalue weighted by molar-refractivity contribution is 6.13. The molecular formula is C97H60N16. The van der Waals surface area contributed by atoms with E-state index in [1.807, 2.05) is 274 Å². The molecule has 0 saturated carbocycles. The number of fused-ring (bicyclic) bond motifs is 6. The molecule has 7 aromatic heterocycles. The van der Waals surface area contributed by atoms with Crippen molar-refractivity contribution in [2.75, 3.05) is 0 Å². The fraction of sp³-hybridized carbons (Fsp3) is 0.0103. The summed E-state index contributed by atoms with van der Waals surface area (Å²) in [5.41, 5.74) is 16.5. The van der Waals surface area contributed by atoms with E-state index < -0.39 is 0 Å². The molecule has 528 valence electrons. The summed E-state index contributed by atoms with van der Waals surface area (Å²) in [6.07, 6.45) is 0. The van der Waals surface area contributed by atoms with Gasteiger partial charge in [-0.2, -0.15) is 5.26 Å². The van der Waals surface area contributed by atoms with E-state index in [0.29, 0.717) is 98.1 Å². The van der Waals surface area contributed by atoms with Crippen molar-refractivity contribution in [1.82, 2.24) is 73.9 Å². The summed E-state index contributed by atoms with van der Waals surface area (Å²) < 4.78 is 4.42. The molecule has 0 spiro atoms. The SMILES string of the molecule is Cc1cccc(-c2cc(-n3c4cc(-c5nc(-c6ccccc6)nc(-c6ccccc6)n5)ccc4c4ccc(-c5nc(-c6ccccc6)nc(-c6ccccc6)n5)cc43)c(C#N)cc2-n2c3cc(-c4nc(-c5ccccc5)nc(-c5ccccc5)n4)ccc3c3ccc(-c4nc(-c5ccccc5)nc(-c5ccccc5)n4)cc32)n1. The van der Waals surface area contributed by atoms with E-state index in [1.54, 1.807) is 0 Å². The first kappa shape index (κ1) is 66.6. The Morgan fingerprint density at radius 1 is 0.212 bits per heavy atom. The Balaban J connectivity index is 0.869. The molecule has 20 rings (SSSR count). The van der Waals surface area contributed by atoms with Crippen LogP contribution in [0.5, 0.6) is 0 Å². The molecule has 0 atom stereocenters. The van der Waals surface area contributed by atoms with Crippen LogP contribution in [0.2, 0.25) is 0 Å². The predicted octanol–water partition coefficient (Wildman–Crippen LogP) is 21.9. The van der Waals surface area contributed by atoms with Gasteiger partial charge in [0.1, 0.15) is 6.07 Å². The van der Waals surface area contributed by atoms with Crippen molar-refractivity contribution >= 4 is 43.6 Å². The van der Waals surface area contributed by atoms with Crippen LogP contribution in [0.25, 0.3) is 203 Å². The molecule has 0 aliphatic carbocycles. The summed E-state index contributed by atoms with van der Waals surface area (Å²) in [7, 11) is 0. The van der Waals surface area contributed by atoms with E-state index in [1.165, 1.54) is 0 Å². The lowest BCUT2D eigenvalue weighted by molar-refractivity contribution is 1.07. The molecule has 0 bridgehead atoms. The maximum Gasteiger partial charge on any atom is 0.164 e. The van der Waals surface area contributed by atoms with Gasteiger partial charge in [-0.15, -0.1) is 0 Å². The molecule has 113 heavy (non-hydrogen) atoms. The quantitative estimate of drug-likeness (QED) is 0.0938. The van der Waals surface area contributed by atoms with Crippen molar-refractivity contribution < 1.29 is 0 Å². The lowest BCUT2D eigenvalue weighted by atomic mass is 10.0. The van der Waals surface area contributed by atoms with Gasteiger partial charge in [-0.1, -0.05) is 297 Å². The van der Waals surface area contributed by atoms with Gasteiger partial charge in [0.15, 0.2) is 69.9 Å². The monoisotopic (exact) mass is 1450 g/mol. The standard InChI is InChI=1S/C97H60N16/c1-60-27-26-44-79(99-60)78-58-80(112-81-53-69(94-104-86(61-28-10-2-11-29-61)100-87(105-94)62-30-12-3-13-31-62)45-49-74(81)75-50-46-70(54-82(75)112)95-106-88(63-32-14-4-15-33-63)101-89(107-95)64-34-16-5-17-35-64)73(59-98)57-85(78)113-83-55-71(96-108-90(65-36-18-6-19-37-65)102-91(109-96)66-38-20-7-21-39-66)47-51-76(83)77-52-48-72(56-84(77)113)97-110-92(67-40-22-8-23-41-67)103-93(111-97)68-42-24-9-25-43-68/h2-58H,1H3. The van der Waals surface area contributed by atoms with E-state index in [4.69, 9.17) is 64.8 Å². The van der Waals surface area contributed by atoms with E-state index in [-0.39, 0.29) is 0 Å². The summed E-state index contributed by atoms with van der Waals surface area (Å²) in [5.74, 6) is 6.05. The first-order chi connectivity index (χ1) is 55.8. The largest absolute Gasteiger partial charge is 0.308 e. The molecule has 0 aliphatic heterocycles. The maximum atomic E-state index is 12.4.